The van der Waals surface area contributed by atoms with E-state index in [1.54, 1.807) is 0 Å². The maximum absolute atomic E-state index is 13.4. The minimum atomic E-state index is -4.95. The van der Waals surface area contributed by atoms with Crippen LogP contribution in [-0.2, 0) is 23.9 Å². The van der Waals surface area contributed by atoms with Gasteiger partial charge in [-0.15, -0.1) is 13.2 Å². The standard InChI is InChI=1S/C12H11F7N2O2/c13-6-2-3-7-8(9(6)22)10(11(14,15)16)20-21(7)4-1-5-23-12(17,18)19/h6H,1-5H2. The fourth-order valence-electron chi connectivity index (χ4n) is 2.35. The molecule has 0 spiro atoms. The summed E-state index contributed by atoms with van der Waals surface area (Å²) in [6.45, 7) is -1.07. The van der Waals surface area contributed by atoms with Gasteiger partial charge < -0.3 is 0 Å². The lowest BCUT2D eigenvalue weighted by atomic mass is 9.92. The second kappa shape index (κ2) is 6.10. The maximum Gasteiger partial charge on any atom is 0.522 e. The van der Waals surface area contributed by atoms with E-state index in [4.69, 9.17) is 0 Å². The van der Waals surface area contributed by atoms with E-state index in [1.165, 1.54) is 0 Å². The Kier molecular flexibility index (Phi) is 4.69. The van der Waals surface area contributed by atoms with Crippen molar-refractivity contribution in [2.45, 2.75) is 44.5 Å². The van der Waals surface area contributed by atoms with E-state index in [1.807, 2.05) is 0 Å². The van der Waals surface area contributed by atoms with Crippen molar-refractivity contribution in [3.05, 3.63) is 17.0 Å². The molecule has 130 valence electrons. The summed E-state index contributed by atoms with van der Waals surface area (Å²) in [5, 5.41) is 3.25. The van der Waals surface area contributed by atoms with Gasteiger partial charge in [-0.05, 0) is 19.3 Å². The van der Waals surface area contributed by atoms with E-state index in [-0.39, 0.29) is 31.5 Å². The van der Waals surface area contributed by atoms with Crippen molar-refractivity contribution < 1.29 is 40.3 Å². The summed E-state index contributed by atoms with van der Waals surface area (Å²) in [5.74, 6) is -1.30. The summed E-state index contributed by atoms with van der Waals surface area (Å²) in [5.41, 5.74) is -2.44. The number of Topliss-reactive ketones (excluding diaryl/α,β-unsaturated/α-hetero) is 1. The van der Waals surface area contributed by atoms with Crippen LogP contribution < -0.4 is 0 Å². The fourth-order valence-corrected chi connectivity index (χ4v) is 2.35. The number of halogens is 7. The molecular formula is C12H11F7N2O2. The Morgan fingerprint density at radius 2 is 1.87 bits per heavy atom. The normalized spacial score (nSPS) is 19.1. The number of aromatic nitrogens is 2. The minimum absolute atomic E-state index is 0.108. The molecule has 1 aliphatic rings. The van der Waals surface area contributed by atoms with E-state index in [0.29, 0.717) is 0 Å². The van der Waals surface area contributed by atoms with Crippen molar-refractivity contribution in [1.82, 2.24) is 9.78 Å². The van der Waals surface area contributed by atoms with Crippen molar-refractivity contribution in [1.29, 1.82) is 0 Å². The molecule has 0 aliphatic heterocycles. The molecule has 0 N–H and O–H groups in total. The molecule has 1 unspecified atom stereocenters. The first-order valence-corrected chi connectivity index (χ1v) is 6.56. The molecule has 0 fully saturated rings. The van der Waals surface area contributed by atoms with Crippen LogP contribution in [0.15, 0.2) is 0 Å². The smallest absolute Gasteiger partial charge is 0.292 e. The molecule has 1 heterocycles. The number of alkyl halides is 7. The molecule has 1 aromatic heterocycles. The number of hydrogen-bond donors (Lipinski definition) is 0. The molecule has 0 saturated heterocycles. The first-order valence-electron chi connectivity index (χ1n) is 6.56. The first-order chi connectivity index (χ1) is 10.5. The Labute approximate surface area is 125 Å². The summed E-state index contributed by atoms with van der Waals surface area (Å²) in [4.78, 5) is 11.7. The zero-order valence-corrected chi connectivity index (χ0v) is 11.5. The molecule has 0 saturated carbocycles. The van der Waals surface area contributed by atoms with Gasteiger partial charge in [-0.25, -0.2) is 4.39 Å². The molecule has 0 aromatic carbocycles. The molecule has 0 amide bonds. The summed E-state index contributed by atoms with van der Waals surface area (Å²) in [6, 6.07) is 0. The number of hydrogen-bond acceptors (Lipinski definition) is 3. The predicted octanol–water partition coefficient (Wildman–Crippen LogP) is 3.30. The number of carbonyl (C=O) groups excluding carboxylic acids is 1. The van der Waals surface area contributed by atoms with Gasteiger partial charge in [0.1, 0.15) is 0 Å². The SMILES string of the molecule is O=C1c2c(C(F)(F)F)nn(CCCOC(F)(F)F)c2CCC1F. The Balaban J connectivity index is 2.21. The van der Waals surface area contributed by atoms with Crippen LogP contribution in [0.4, 0.5) is 30.7 Å². The lowest BCUT2D eigenvalue weighted by Crippen LogP contribution is -2.26. The number of nitrogens with zero attached hydrogens (tertiary/aromatic N) is 2. The Hall–Kier alpha value is -1.65. The van der Waals surface area contributed by atoms with Crippen molar-refractivity contribution in [2.75, 3.05) is 6.61 Å². The van der Waals surface area contributed by atoms with Gasteiger partial charge in [0.15, 0.2) is 11.9 Å². The van der Waals surface area contributed by atoms with Crippen LogP contribution in [0.5, 0.6) is 0 Å². The van der Waals surface area contributed by atoms with E-state index in [9.17, 15) is 35.5 Å². The van der Waals surface area contributed by atoms with Crippen LogP contribution in [0.3, 0.4) is 0 Å². The van der Waals surface area contributed by atoms with Gasteiger partial charge in [-0.2, -0.15) is 18.3 Å². The van der Waals surface area contributed by atoms with Crippen LogP contribution >= 0.6 is 0 Å². The third-order valence-electron chi connectivity index (χ3n) is 3.27. The number of ketones is 1. The average molecular weight is 348 g/mol. The number of rotatable bonds is 4. The number of ether oxygens (including phenoxy) is 1. The summed E-state index contributed by atoms with van der Waals surface area (Å²) in [7, 11) is 0. The van der Waals surface area contributed by atoms with Gasteiger partial charge in [0.25, 0.3) is 0 Å². The second-order valence-corrected chi connectivity index (χ2v) is 4.91. The zero-order chi connectivity index (χ0) is 17.4. The van der Waals surface area contributed by atoms with Gasteiger partial charge in [0, 0.05) is 6.54 Å². The molecule has 1 aromatic rings. The van der Waals surface area contributed by atoms with Crippen molar-refractivity contribution in [3.8, 4) is 0 Å². The van der Waals surface area contributed by atoms with E-state index < -0.39 is 42.4 Å². The Morgan fingerprint density at radius 1 is 1.22 bits per heavy atom. The number of aryl methyl sites for hydroxylation is 1. The lowest BCUT2D eigenvalue weighted by molar-refractivity contribution is -0.324. The Bertz CT molecular complexity index is 591. The van der Waals surface area contributed by atoms with Crippen LogP contribution in [0.25, 0.3) is 0 Å². The van der Waals surface area contributed by atoms with E-state index in [2.05, 4.69) is 9.84 Å². The van der Waals surface area contributed by atoms with Crippen LogP contribution in [0.1, 0.15) is 34.6 Å². The van der Waals surface area contributed by atoms with Crippen molar-refractivity contribution in [2.24, 2.45) is 0 Å². The van der Waals surface area contributed by atoms with Gasteiger partial charge >= 0.3 is 12.5 Å². The molecule has 23 heavy (non-hydrogen) atoms. The summed E-state index contributed by atoms with van der Waals surface area (Å²) < 4.78 is 91.9. The molecular weight excluding hydrogens is 337 g/mol. The highest BCUT2D eigenvalue weighted by Gasteiger charge is 2.44. The number of carbonyl (C=O) groups is 1. The van der Waals surface area contributed by atoms with E-state index >= 15 is 0 Å². The third kappa shape index (κ3) is 4.01. The maximum atomic E-state index is 13.4. The van der Waals surface area contributed by atoms with Crippen molar-refractivity contribution >= 4 is 5.78 Å². The minimum Gasteiger partial charge on any atom is -0.292 e. The Morgan fingerprint density at radius 3 is 2.43 bits per heavy atom. The molecule has 1 atom stereocenters. The molecule has 0 bridgehead atoms. The van der Waals surface area contributed by atoms with Crippen LogP contribution in [0, 0.1) is 0 Å². The monoisotopic (exact) mass is 348 g/mol. The highest BCUT2D eigenvalue weighted by molar-refractivity contribution is 6.02. The highest BCUT2D eigenvalue weighted by Crippen LogP contribution is 2.36. The largest absolute Gasteiger partial charge is 0.522 e. The quantitative estimate of drug-likeness (QED) is 0.620. The number of fused-ring (bicyclic) bond motifs is 1. The van der Waals surface area contributed by atoms with Crippen LogP contribution in [0.2, 0.25) is 0 Å². The molecule has 1 aliphatic carbocycles. The fraction of sp³-hybridized carbons (Fsp3) is 0.667. The summed E-state index contributed by atoms with van der Waals surface area (Å²) >= 11 is 0. The van der Waals surface area contributed by atoms with Gasteiger partial charge in [0.2, 0.25) is 5.78 Å². The average Bonchev–Trinajstić information content (AvgIpc) is 2.77. The van der Waals surface area contributed by atoms with Crippen molar-refractivity contribution in [3.63, 3.8) is 0 Å². The van der Waals surface area contributed by atoms with Gasteiger partial charge in [0.05, 0.1) is 17.9 Å². The molecule has 2 rings (SSSR count). The molecule has 11 heteroatoms. The zero-order valence-electron chi connectivity index (χ0n) is 11.5. The lowest BCUT2D eigenvalue weighted by Gasteiger charge is -2.17. The van der Waals surface area contributed by atoms with Gasteiger partial charge in [-0.3, -0.25) is 14.2 Å². The topological polar surface area (TPSA) is 44.1 Å². The van der Waals surface area contributed by atoms with Crippen LogP contribution in [-0.4, -0.2) is 34.7 Å². The van der Waals surface area contributed by atoms with E-state index in [0.717, 1.165) is 4.68 Å². The highest BCUT2D eigenvalue weighted by atomic mass is 19.4. The first kappa shape index (κ1) is 17.7. The third-order valence-corrected chi connectivity index (χ3v) is 3.27. The predicted molar refractivity (Wildman–Crippen MR) is 61.4 cm³/mol. The second-order valence-electron chi connectivity index (χ2n) is 4.91. The summed E-state index contributed by atoms with van der Waals surface area (Å²) in [6.07, 6.45) is -12.5. The molecule has 4 nitrogen and oxygen atoms in total. The molecule has 0 radical (unpaired) electrons. The van der Waals surface area contributed by atoms with Gasteiger partial charge in [-0.1, -0.05) is 0 Å².